The molecule has 0 bridgehead atoms. The number of hydrogen-bond acceptors (Lipinski definition) is 4. The molecule has 0 radical (unpaired) electrons. The van der Waals surface area contributed by atoms with Crippen LogP contribution < -0.4 is 10.1 Å². The van der Waals surface area contributed by atoms with Crippen molar-refractivity contribution in [1.29, 1.82) is 0 Å². The average molecular weight is 318 g/mol. The second-order valence-electron chi connectivity index (χ2n) is 6.38. The van der Waals surface area contributed by atoms with Crippen LogP contribution in [-0.4, -0.2) is 28.1 Å². The molecule has 6 nitrogen and oxygen atoms in total. The number of carboxylic acids is 1. The summed E-state index contributed by atoms with van der Waals surface area (Å²) in [4.78, 5) is 26.9. The highest BCUT2D eigenvalue weighted by atomic mass is 16.5. The molecule has 1 heterocycles. The fourth-order valence-electron chi connectivity index (χ4n) is 3.06. The maximum Gasteiger partial charge on any atom is 0.307 e. The summed E-state index contributed by atoms with van der Waals surface area (Å²) in [5.41, 5.74) is 0.909. The summed E-state index contributed by atoms with van der Waals surface area (Å²) in [6.07, 6.45) is 8.17. The smallest absolute Gasteiger partial charge is 0.307 e. The van der Waals surface area contributed by atoms with Gasteiger partial charge in [0, 0.05) is 18.8 Å². The predicted octanol–water partition coefficient (Wildman–Crippen LogP) is 2.13. The standard InChI is InChI=1S/C17H22N2O4/c20-16(13-9-14(13)17(21)22)19-10-11-6-7-18-15(8-11)23-12-4-2-1-3-5-12/h6-8,12-14H,1-5,9-10H2,(H,19,20)(H,21,22). The number of rotatable bonds is 6. The summed E-state index contributed by atoms with van der Waals surface area (Å²) in [6, 6.07) is 3.67. The minimum Gasteiger partial charge on any atom is -0.481 e. The van der Waals surface area contributed by atoms with Crippen molar-refractivity contribution in [2.75, 3.05) is 0 Å². The maximum absolute atomic E-state index is 11.9. The van der Waals surface area contributed by atoms with Gasteiger partial charge in [0.2, 0.25) is 11.8 Å². The van der Waals surface area contributed by atoms with Gasteiger partial charge in [-0.3, -0.25) is 9.59 Å². The number of aliphatic carboxylic acids is 1. The van der Waals surface area contributed by atoms with E-state index in [0.29, 0.717) is 18.8 Å². The molecule has 0 spiro atoms. The van der Waals surface area contributed by atoms with Crippen molar-refractivity contribution in [3.63, 3.8) is 0 Å². The summed E-state index contributed by atoms with van der Waals surface area (Å²) in [5.74, 6) is -1.38. The number of pyridine rings is 1. The molecule has 1 aromatic rings. The van der Waals surface area contributed by atoms with Crippen LogP contribution in [-0.2, 0) is 16.1 Å². The van der Waals surface area contributed by atoms with Crippen LogP contribution in [0.15, 0.2) is 18.3 Å². The van der Waals surface area contributed by atoms with Crippen molar-refractivity contribution in [3.05, 3.63) is 23.9 Å². The molecular weight excluding hydrogens is 296 g/mol. The van der Waals surface area contributed by atoms with E-state index in [1.165, 1.54) is 19.3 Å². The first-order valence-corrected chi connectivity index (χ1v) is 8.25. The van der Waals surface area contributed by atoms with Gasteiger partial charge in [0.1, 0.15) is 6.10 Å². The summed E-state index contributed by atoms with van der Waals surface area (Å²) in [7, 11) is 0. The second-order valence-corrected chi connectivity index (χ2v) is 6.38. The monoisotopic (exact) mass is 318 g/mol. The number of carbonyl (C=O) groups excluding carboxylic acids is 1. The molecular formula is C17H22N2O4. The van der Waals surface area contributed by atoms with Crippen molar-refractivity contribution in [2.45, 2.75) is 51.2 Å². The lowest BCUT2D eigenvalue weighted by molar-refractivity contribution is -0.140. The van der Waals surface area contributed by atoms with E-state index in [1.807, 2.05) is 12.1 Å². The minimum atomic E-state index is -0.891. The Balaban J connectivity index is 1.49. The van der Waals surface area contributed by atoms with Gasteiger partial charge in [0.15, 0.2) is 0 Å². The lowest BCUT2D eigenvalue weighted by atomic mass is 9.98. The van der Waals surface area contributed by atoms with Gasteiger partial charge in [0.25, 0.3) is 0 Å². The zero-order chi connectivity index (χ0) is 16.2. The third-order valence-corrected chi connectivity index (χ3v) is 4.55. The number of aromatic nitrogens is 1. The van der Waals surface area contributed by atoms with E-state index < -0.39 is 11.9 Å². The van der Waals surface area contributed by atoms with Crippen molar-refractivity contribution in [1.82, 2.24) is 10.3 Å². The molecule has 23 heavy (non-hydrogen) atoms. The highest BCUT2D eigenvalue weighted by Gasteiger charge is 2.48. The molecule has 1 amide bonds. The van der Waals surface area contributed by atoms with Gasteiger partial charge in [-0.1, -0.05) is 6.42 Å². The van der Waals surface area contributed by atoms with Gasteiger partial charge in [-0.25, -0.2) is 4.98 Å². The zero-order valence-corrected chi connectivity index (χ0v) is 13.0. The van der Waals surface area contributed by atoms with Crippen LogP contribution in [0.1, 0.15) is 44.1 Å². The van der Waals surface area contributed by atoms with Gasteiger partial charge in [-0.2, -0.15) is 0 Å². The predicted molar refractivity (Wildman–Crippen MR) is 82.8 cm³/mol. The summed E-state index contributed by atoms with van der Waals surface area (Å²) in [6.45, 7) is 0.366. The maximum atomic E-state index is 11.9. The third kappa shape index (κ3) is 4.21. The SMILES string of the molecule is O=C(O)C1CC1C(=O)NCc1ccnc(OC2CCCCC2)c1. The average Bonchev–Trinajstić information content (AvgIpc) is 3.35. The van der Waals surface area contributed by atoms with Crippen LogP contribution in [0.4, 0.5) is 0 Å². The number of nitrogens with one attached hydrogen (secondary N) is 1. The number of amides is 1. The van der Waals surface area contributed by atoms with Gasteiger partial charge in [0.05, 0.1) is 11.8 Å². The van der Waals surface area contributed by atoms with E-state index in [1.54, 1.807) is 6.20 Å². The van der Waals surface area contributed by atoms with E-state index in [9.17, 15) is 9.59 Å². The normalized spacial score (nSPS) is 24.0. The van der Waals surface area contributed by atoms with Crippen LogP contribution in [0.3, 0.4) is 0 Å². The van der Waals surface area contributed by atoms with Gasteiger partial charge >= 0.3 is 5.97 Å². The van der Waals surface area contributed by atoms with Crippen molar-refractivity contribution >= 4 is 11.9 Å². The molecule has 2 unspecified atom stereocenters. The van der Waals surface area contributed by atoms with E-state index in [4.69, 9.17) is 9.84 Å². The first-order chi connectivity index (χ1) is 11.1. The van der Waals surface area contributed by atoms with Gasteiger partial charge in [-0.15, -0.1) is 0 Å². The molecule has 0 aromatic carbocycles. The Morgan fingerprint density at radius 1 is 1.26 bits per heavy atom. The summed E-state index contributed by atoms with van der Waals surface area (Å²) in [5, 5.41) is 11.6. The summed E-state index contributed by atoms with van der Waals surface area (Å²) >= 11 is 0. The number of carbonyl (C=O) groups is 2. The van der Waals surface area contributed by atoms with Crippen LogP contribution >= 0.6 is 0 Å². The molecule has 3 rings (SSSR count). The first-order valence-electron chi connectivity index (χ1n) is 8.25. The molecule has 2 aliphatic carbocycles. The molecule has 6 heteroatoms. The van der Waals surface area contributed by atoms with Crippen LogP contribution in [0.5, 0.6) is 5.88 Å². The number of ether oxygens (including phenoxy) is 1. The largest absolute Gasteiger partial charge is 0.481 e. The quantitative estimate of drug-likeness (QED) is 0.839. The molecule has 2 saturated carbocycles. The Morgan fingerprint density at radius 2 is 2.04 bits per heavy atom. The molecule has 0 aliphatic heterocycles. The molecule has 1 aromatic heterocycles. The molecule has 2 atom stereocenters. The Bertz CT molecular complexity index is 584. The molecule has 2 aliphatic rings. The van der Waals surface area contributed by atoms with E-state index in [-0.39, 0.29) is 17.9 Å². The number of hydrogen-bond donors (Lipinski definition) is 2. The fourth-order valence-corrected chi connectivity index (χ4v) is 3.06. The summed E-state index contributed by atoms with van der Waals surface area (Å²) < 4.78 is 5.91. The second kappa shape index (κ2) is 6.98. The molecule has 2 fully saturated rings. The third-order valence-electron chi connectivity index (χ3n) is 4.55. The minimum absolute atomic E-state index is 0.191. The van der Waals surface area contributed by atoms with Crippen molar-refractivity contribution in [2.24, 2.45) is 11.8 Å². The highest BCUT2D eigenvalue weighted by molar-refractivity contribution is 5.89. The molecule has 2 N–H and O–H groups in total. The molecule has 124 valence electrons. The number of nitrogens with zero attached hydrogens (tertiary/aromatic N) is 1. The Hall–Kier alpha value is -2.11. The van der Waals surface area contributed by atoms with Crippen LogP contribution in [0, 0.1) is 11.8 Å². The van der Waals surface area contributed by atoms with Crippen LogP contribution in [0.25, 0.3) is 0 Å². The molecule has 0 saturated heterocycles. The van der Waals surface area contributed by atoms with E-state index in [2.05, 4.69) is 10.3 Å². The number of carboxylic acid groups (broad SMARTS) is 1. The van der Waals surface area contributed by atoms with Gasteiger partial charge < -0.3 is 15.2 Å². The lowest BCUT2D eigenvalue weighted by Gasteiger charge is -2.22. The van der Waals surface area contributed by atoms with Gasteiger partial charge in [-0.05, 0) is 43.7 Å². The first kappa shape index (κ1) is 15.8. The van der Waals surface area contributed by atoms with Crippen LogP contribution in [0.2, 0.25) is 0 Å². The van der Waals surface area contributed by atoms with Crippen molar-refractivity contribution in [3.8, 4) is 5.88 Å². The topological polar surface area (TPSA) is 88.5 Å². The highest BCUT2D eigenvalue weighted by Crippen LogP contribution is 2.38. The van der Waals surface area contributed by atoms with E-state index >= 15 is 0 Å². The Morgan fingerprint density at radius 3 is 2.74 bits per heavy atom. The van der Waals surface area contributed by atoms with Crippen molar-refractivity contribution < 1.29 is 19.4 Å². The Labute approximate surface area is 135 Å². The zero-order valence-electron chi connectivity index (χ0n) is 13.0. The fraction of sp³-hybridized carbons (Fsp3) is 0.588. The van der Waals surface area contributed by atoms with E-state index in [0.717, 1.165) is 18.4 Å². The Kier molecular flexibility index (Phi) is 4.79. The lowest BCUT2D eigenvalue weighted by Crippen LogP contribution is -2.26.